The summed E-state index contributed by atoms with van der Waals surface area (Å²) < 4.78 is 10.7. The molecule has 2 aromatic carbocycles. The van der Waals surface area contributed by atoms with E-state index in [0.717, 1.165) is 18.0 Å². The maximum absolute atomic E-state index is 5.41. The Morgan fingerprint density at radius 2 is 1.67 bits per heavy atom. The molecule has 0 bridgehead atoms. The van der Waals surface area contributed by atoms with E-state index < -0.39 is 0 Å². The van der Waals surface area contributed by atoms with Crippen LogP contribution in [-0.2, 0) is 0 Å². The Hall–Kier alpha value is -2.00. The lowest BCUT2D eigenvalue weighted by atomic mass is 9.97. The van der Waals surface area contributed by atoms with Crippen LogP contribution in [0.25, 0.3) is 0 Å². The standard InChI is InChI=1S/C18H23NO2/c1-5-19-18(14-8-6-7-13(2)11-14)15-9-10-16(20-3)17(12-15)21-4/h6-12,18-19H,5H2,1-4H3. The van der Waals surface area contributed by atoms with Gasteiger partial charge in [0.25, 0.3) is 0 Å². The minimum absolute atomic E-state index is 0.148. The third kappa shape index (κ3) is 3.56. The molecule has 0 spiro atoms. The van der Waals surface area contributed by atoms with Gasteiger partial charge in [-0.1, -0.05) is 42.8 Å². The molecule has 2 aromatic rings. The van der Waals surface area contributed by atoms with Crippen LogP contribution < -0.4 is 14.8 Å². The van der Waals surface area contributed by atoms with E-state index in [1.165, 1.54) is 16.7 Å². The summed E-state index contributed by atoms with van der Waals surface area (Å²) in [5.41, 5.74) is 3.68. The van der Waals surface area contributed by atoms with E-state index in [9.17, 15) is 0 Å². The lowest BCUT2D eigenvalue weighted by Crippen LogP contribution is -2.22. The van der Waals surface area contributed by atoms with Crippen molar-refractivity contribution >= 4 is 0 Å². The molecular weight excluding hydrogens is 262 g/mol. The number of aryl methyl sites for hydroxylation is 1. The van der Waals surface area contributed by atoms with Gasteiger partial charge in [-0.05, 0) is 36.7 Å². The van der Waals surface area contributed by atoms with Crippen LogP contribution in [0.15, 0.2) is 42.5 Å². The van der Waals surface area contributed by atoms with Crippen molar-refractivity contribution in [1.82, 2.24) is 5.32 Å². The Balaban J connectivity index is 2.43. The van der Waals surface area contributed by atoms with E-state index in [0.29, 0.717) is 0 Å². The van der Waals surface area contributed by atoms with Gasteiger partial charge in [0.05, 0.1) is 20.3 Å². The van der Waals surface area contributed by atoms with Crippen molar-refractivity contribution in [2.24, 2.45) is 0 Å². The monoisotopic (exact) mass is 285 g/mol. The molecule has 1 unspecified atom stereocenters. The Morgan fingerprint density at radius 1 is 0.952 bits per heavy atom. The molecule has 2 rings (SSSR count). The van der Waals surface area contributed by atoms with Gasteiger partial charge in [0.1, 0.15) is 0 Å². The number of hydrogen-bond donors (Lipinski definition) is 1. The van der Waals surface area contributed by atoms with E-state index in [1.54, 1.807) is 14.2 Å². The highest BCUT2D eigenvalue weighted by Crippen LogP contribution is 2.32. The van der Waals surface area contributed by atoms with Crippen LogP contribution in [0.2, 0.25) is 0 Å². The van der Waals surface area contributed by atoms with Crippen LogP contribution in [0.4, 0.5) is 0 Å². The topological polar surface area (TPSA) is 30.5 Å². The molecule has 3 nitrogen and oxygen atoms in total. The molecule has 1 N–H and O–H groups in total. The van der Waals surface area contributed by atoms with E-state index >= 15 is 0 Å². The van der Waals surface area contributed by atoms with E-state index in [-0.39, 0.29) is 6.04 Å². The van der Waals surface area contributed by atoms with Gasteiger partial charge >= 0.3 is 0 Å². The fourth-order valence-corrected chi connectivity index (χ4v) is 2.51. The first kappa shape index (κ1) is 15.4. The molecule has 0 aliphatic heterocycles. The molecule has 0 radical (unpaired) electrons. The maximum atomic E-state index is 5.41. The van der Waals surface area contributed by atoms with Crippen LogP contribution in [0.5, 0.6) is 11.5 Å². The fraction of sp³-hybridized carbons (Fsp3) is 0.333. The molecule has 3 heteroatoms. The zero-order valence-corrected chi connectivity index (χ0v) is 13.1. The van der Waals surface area contributed by atoms with Gasteiger partial charge in [-0.3, -0.25) is 0 Å². The van der Waals surface area contributed by atoms with Crippen molar-refractivity contribution in [2.45, 2.75) is 19.9 Å². The van der Waals surface area contributed by atoms with Gasteiger partial charge < -0.3 is 14.8 Å². The zero-order chi connectivity index (χ0) is 15.2. The fourth-order valence-electron chi connectivity index (χ4n) is 2.51. The van der Waals surface area contributed by atoms with Crippen LogP contribution in [-0.4, -0.2) is 20.8 Å². The molecule has 0 saturated carbocycles. The summed E-state index contributed by atoms with van der Waals surface area (Å²) in [6.07, 6.45) is 0. The number of methoxy groups -OCH3 is 2. The third-order valence-corrected chi connectivity index (χ3v) is 3.52. The quantitative estimate of drug-likeness (QED) is 0.877. The molecule has 0 fully saturated rings. The van der Waals surface area contributed by atoms with Crippen LogP contribution >= 0.6 is 0 Å². The Bertz CT molecular complexity index is 596. The van der Waals surface area contributed by atoms with Gasteiger partial charge in [-0.25, -0.2) is 0 Å². The average molecular weight is 285 g/mol. The molecule has 0 aromatic heterocycles. The highest BCUT2D eigenvalue weighted by Gasteiger charge is 2.15. The Morgan fingerprint density at radius 3 is 2.29 bits per heavy atom. The first-order valence-corrected chi connectivity index (χ1v) is 7.21. The molecule has 21 heavy (non-hydrogen) atoms. The van der Waals surface area contributed by atoms with E-state index in [4.69, 9.17) is 9.47 Å². The number of benzene rings is 2. The third-order valence-electron chi connectivity index (χ3n) is 3.52. The van der Waals surface area contributed by atoms with Gasteiger partial charge in [-0.2, -0.15) is 0 Å². The molecule has 0 amide bonds. The molecule has 0 aliphatic carbocycles. The molecule has 1 atom stereocenters. The molecule has 0 saturated heterocycles. The molecule has 0 heterocycles. The summed E-state index contributed by atoms with van der Waals surface area (Å²) in [5, 5.41) is 3.53. The van der Waals surface area contributed by atoms with Gasteiger partial charge in [0.2, 0.25) is 0 Å². The first-order valence-electron chi connectivity index (χ1n) is 7.21. The smallest absolute Gasteiger partial charge is 0.161 e. The predicted molar refractivity (Wildman–Crippen MR) is 86.2 cm³/mol. The van der Waals surface area contributed by atoms with Crippen molar-refractivity contribution in [1.29, 1.82) is 0 Å². The second kappa shape index (κ2) is 7.14. The van der Waals surface area contributed by atoms with Crippen molar-refractivity contribution in [3.8, 4) is 11.5 Å². The second-order valence-electron chi connectivity index (χ2n) is 5.02. The van der Waals surface area contributed by atoms with Crippen LogP contribution in [0.1, 0.15) is 29.7 Å². The predicted octanol–water partition coefficient (Wildman–Crippen LogP) is 3.71. The average Bonchev–Trinajstić information content (AvgIpc) is 2.52. The molecular formula is C18H23NO2. The lowest BCUT2D eigenvalue weighted by Gasteiger charge is -2.20. The highest BCUT2D eigenvalue weighted by atomic mass is 16.5. The SMILES string of the molecule is CCNC(c1cccc(C)c1)c1ccc(OC)c(OC)c1. The molecule has 0 aliphatic rings. The summed E-state index contributed by atoms with van der Waals surface area (Å²) in [7, 11) is 3.32. The van der Waals surface area contributed by atoms with Crippen molar-refractivity contribution in [3.05, 3.63) is 59.2 Å². The molecule has 112 valence electrons. The number of ether oxygens (including phenoxy) is 2. The minimum Gasteiger partial charge on any atom is -0.493 e. The second-order valence-corrected chi connectivity index (χ2v) is 5.02. The van der Waals surface area contributed by atoms with E-state index in [2.05, 4.69) is 49.5 Å². The van der Waals surface area contributed by atoms with Gasteiger partial charge in [-0.15, -0.1) is 0 Å². The number of nitrogens with one attached hydrogen (secondary N) is 1. The summed E-state index contributed by atoms with van der Waals surface area (Å²) in [6, 6.07) is 14.8. The van der Waals surface area contributed by atoms with Crippen LogP contribution in [0, 0.1) is 6.92 Å². The summed E-state index contributed by atoms with van der Waals surface area (Å²) >= 11 is 0. The minimum atomic E-state index is 0.148. The Labute approximate surface area is 126 Å². The lowest BCUT2D eigenvalue weighted by molar-refractivity contribution is 0.354. The normalized spacial score (nSPS) is 12.0. The highest BCUT2D eigenvalue weighted by molar-refractivity contribution is 5.46. The summed E-state index contributed by atoms with van der Waals surface area (Å²) in [6.45, 7) is 5.12. The van der Waals surface area contributed by atoms with Crippen LogP contribution in [0.3, 0.4) is 0 Å². The summed E-state index contributed by atoms with van der Waals surface area (Å²) in [4.78, 5) is 0. The van der Waals surface area contributed by atoms with Gasteiger partial charge in [0.15, 0.2) is 11.5 Å². The number of hydrogen-bond acceptors (Lipinski definition) is 3. The van der Waals surface area contributed by atoms with Crippen molar-refractivity contribution in [3.63, 3.8) is 0 Å². The van der Waals surface area contributed by atoms with E-state index in [1.807, 2.05) is 12.1 Å². The largest absolute Gasteiger partial charge is 0.493 e. The van der Waals surface area contributed by atoms with Crippen molar-refractivity contribution < 1.29 is 9.47 Å². The maximum Gasteiger partial charge on any atom is 0.161 e. The first-order chi connectivity index (χ1) is 10.2. The zero-order valence-electron chi connectivity index (χ0n) is 13.1. The van der Waals surface area contributed by atoms with Gasteiger partial charge in [0, 0.05) is 0 Å². The number of rotatable bonds is 6. The summed E-state index contributed by atoms with van der Waals surface area (Å²) in [5.74, 6) is 1.51. The van der Waals surface area contributed by atoms with Crippen molar-refractivity contribution in [2.75, 3.05) is 20.8 Å². The Kier molecular flexibility index (Phi) is 5.23.